The second-order valence-electron chi connectivity index (χ2n) is 6.38. The van der Waals surface area contributed by atoms with Crippen LogP contribution < -0.4 is 4.72 Å². The molecule has 1 fully saturated rings. The minimum Gasteiger partial charge on any atom is -0.507 e. The molecule has 1 aliphatic rings. The molecule has 6 heteroatoms. The fourth-order valence-corrected chi connectivity index (χ4v) is 4.58. The molecule has 3 rings (SSSR count). The zero-order valence-electron chi connectivity index (χ0n) is 14.0. The van der Waals surface area contributed by atoms with Crippen LogP contribution in [0.4, 0.5) is 0 Å². The first-order chi connectivity index (χ1) is 11.5. The number of phenols is 1. The van der Waals surface area contributed by atoms with Gasteiger partial charge in [-0.2, -0.15) is 0 Å². The average molecular weight is 348 g/mol. The minimum atomic E-state index is -3.66. The maximum atomic E-state index is 12.7. The van der Waals surface area contributed by atoms with Crippen molar-refractivity contribution >= 4 is 20.8 Å². The lowest BCUT2D eigenvalue weighted by atomic mass is 10.0. The average Bonchev–Trinajstić information content (AvgIpc) is 2.58. The molecule has 1 saturated heterocycles. The number of benzene rings is 2. The summed E-state index contributed by atoms with van der Waals surface area (Å²) in [6, 6.07) is 8.43. The number of aryl methyl sites for hydroxylation is 1. The van der Waals surface area contributed by atoms with E-state index in [1.54, 1.807) is 24.3 Å². The van der Waals surface area contributed by atoms with Crippen molar-refractivity contribution in [2.24, 2.45) is 0 Å². The van der Waals surface area contributed by atoms with Crippen LogP contribution in [-0.4, -0.2) is 44.6 Å². The zero-order valence-corrected chi connectivity index (χ0v) is 14.8. The summed E-state index contributed by atoms with van der Waals surface area (Å²) in [4.78, 5) is 2.43. The van der Waals surface area contributed by atoms with Gasteiger partial charge < -0.3 is 10.0 Å². The van der Waals surface area contributed by atoms with E-state index in [2.05, 4.69) is 9.62 Å². The number of nitrogens with one attached hydrogen (secondary N) is 1. The predicted octanol–water partition coefficient (Wildman–Crippen LogP) is 2.62. The Morgan fingerprint density at radius 1 is 1.12 bits per heavy atom. The molecule has 2 aromatic rings. The van der Waals surface area contributed by atoms with Crippen LogP contribution in [0.2, 0.25) is 0 Å². The first-order valence-electron chi connectivity index (χ1n) is 8.42. The summed E-state index contributed by atoms with van der Waals surface area (Å²) in [6.07, 6.45) is 3.63. The Labute approximate surface area is 143 Å². The van der Waals surface area contributed by atoms with Gasteiger partial charge >= 0.3 is 0 Å². The van der Waals surface area contributed by atoms with Crippen LogP contribution in [0.5, 0.6) is 5.75 Å². The maximum Gasteiger partial charge on any atom is 0.241 e. The number of sulfonamides is 1. The van der Waals surface area contributed by atoms with Gasteiger partial charge in [-0.15, -0.1) is 0 Å². The van der Waals surface area contributed by atoms with Crippen molar-refractivity contribution in [3.8, 4) is 5.75 Å². The molecule has 0 saturated carbocycles. The smallest absolute Gasteiger partial charge is 0.241 e. The van der Waals surface area contributed by atoms with Gasteiger partial charge in [-0.3, -0.25) is 0 Å². The highest BCUT2D eigenvalue weighted by Crippen LogP contribution is 2.32. The molecule has 0 spiro atoms. The second kappa shape index (κ2) is 7.09. The lowest BCUT2D eigenvalue weighted by Gasteiger charge is -2.26. The van der Waals surface area contributed by atoms with Gasteiger partial charge in [-0.05, 0) is 55.9 Å². The van der Waals surface area contributed by atoms with Crippen molar-refractivity contribution in [1.29, 1.82) is 0 Å². The summed E-state index contributed by atoms with van der Waals surface area (Å²) in [7, 11) is -3.66. The van der Waals surface area contributed by atoms with E-state index in [4.69, 9.17) is 0 Å². The summed E-state index contributed by atoms with van der Waals surface area (Å²) >= 11 is 0. The molecule has 1 heterocycles. The highest BCUT2D eigenvalue weighted by Gasteiger charge is 2.20. The number of rotatable bonds is 5. The molecular formula is C18H24N2O3S. The number of likely N-dealkylation sites (tertiary alicyclic amines) is 1. The molecule has 0 unspecified atom stereocenters. The van der Waals surface area contributed by atoms with Crippen LogP contribution in [0, 0.1) is 6.92 Å². The largest absolute Gasteiger partial charge is 0.507 e. The Kier molecular flexibility index (Phi) is 5.08. The van der Waals surface area contributed by atoms with Crippen LogP contribution in [0.1, 0.15) is 24.8 Å². The highest BCUT2D eigenvalue weighted by atomic mass is 32.2. The van der Waals surface area contributed by atoms with Crippen LogP contribution >= 0.6 is 0 Å². The molecule has 130 valence electrons. The third-order valence-corrected chi connectivity index (χ3v) is 6.16. The predicted molar refractivity (Wildman–Crippen MR) is 95.8 cm³/mol. The van der Waals surface area contributed by atoms with Crippen molar-refractivity contribution < 1.29 is 13.5 Å². The number of fused-ring (bicyclic) bond motifs is 1. The summed E-state index contributed by atoms with van der Waals surface area (Å²) < 4.78 is 28.1. The number of aromatic hydroxyl groups is 1. The quantitative estimate of drug-likeness (QED) is 0.871. The van der Waals surface area contributed by atoms with E-state index in [9.17, 15) is 13.5 Å². The number of nitrogens with zero attached hydrogens (tertiary/aromatic N) is 1. The van der Waals surface area contributed by atoms with Crippen LogP contribution in [0.15, 0.2) is 35.2 Å². The number of hydrogen-bond donors (Lipinski definition) is 2. The van der Waals surface area contributed by atoms with E-state index >= 15 is 0 Å². The summed E-state index contributed by atoms with van der Waals surface area (Å²) in [5, 5.41) is 11.3. The van der Waals surface area contributed by atoms with Gasteiger partial charge in [0.15, 0.2) is 0 Å². The zero-order chi connectivity index (χ0) is 17.2. The lowest BCUT2D eigenvalue weighted by molar-refractivity contribution is 0.233. The highest BCUT2D eigenvalue weighted by molar-refractivity contribution is 7.89. The van der Waals surface area contributed by atoms with Crippen LogP contribution in [0.25, 0.3) is 10.8 Å². The number of hydrogen-bond acceptors (Lipinski definition) is 4. The standard InChI is InChI=1S/C18H24N2O3S/c1-14-8-9-16(21)18-15(14)6-5-7-17(18)24(22,23)19-10-13-20-11-3-2-4-12-20/h5-9,19,21H,2-4,10-13H2,1H3. The van der Waals surface area contributed by atoms with Gasteiger partial charge in [0.25, 0.3) is 0 Å². The Balaban J connectivity index is 1.82. The Morgan fingerprint density at radius 2 is 1.88 bits per heavy atom. The maximum absolute atomic E-state index is 12.7. The first kappa shape index (κ1) is 17.2. The molecule has 0 atom stereocenters. The van der Waals surface area contributed by atoms with E-state index in [0.29, 0.717) is 11.9 Å². The van der Waals surface area contributed by atoms with Crippen molar-refractivity contribution in [1.82, 2.24) is 9.62 Å². The van der Waals surface area contributed by atoms with Crippen LogP contribution in [-0.2, 0) is 10.0 Å². The molecule has 0 aliphatic carbocycles. The summed E-state index contributed by atoms with van der Waals surface area (Å²) in [5.74, 6) is -0.00685. The molecule has 24 heavy (non-hydrogen) atoms. The Hall–Kier alpha value is -1.63. The molecular weight excluding hydrogens is 324 g/mol. The van der Waals surface area contributed by atoms with Gasteiger partial charge in [0.05, 0.1) is 4.90 Å². The molecule has 0 radical (unpaired) electrons. The molecule has 0 bridgehead atoms. The van der Waals surface area contributed by atoms with Crippen molar-refractivity contribution in [2.75, 3.05) is 26.2 Å². The van der Waals surface area contributed by atoms with E-state index < -0.39 is 10.0 Å². The normalized spacial score (nSPS) is 16.5. The fraction of sp³-hybridized carbons (Fsp3) is 0.444. The molecule has 0 aromatic heterocycles. The molecule has 2 N–H and O–H groups in total. The fourth-order valence-electron chi connectivity index (χ4n) is 3.32. The third-order valence-electron chi connectivity index (χ3n) is 4.66. The first-order valence-corrected chi connectivity index (χ1v) is 9.91. The Morgan fingerprint density at radius 3 is 2.62 bits per heavy atom. The molecule has 0 amide bonds. The molecule has 1 aliphatic heterocycles. The third kappa shape index (κ3) is 3.55. The van der Waals surface area contributed by atoms with E-state index in [1.807, 2.05) is 13.0 Å². The second-order valence-corrected chi connectivity index (χ2v) is 8.12. The Bertz CT molecular complexity index is 828. The van der Waals surface area contributed by atoms with Gasteiger partial charge in [0, 0.05) is 18.5 Å². The van der Waals surface area contributed by atoms with E-state index in [-0.39, 0.29) is 10.6 Å². The van der Waals surface area contributed by atoms with E-state index in [1.165, 1.54) is 19.3 Å². The monoisotopic (exact) mass is 348 g/mol. The minimum absolute atomic E-state index is 0.00685. The summed E-state index contributed by atoms with van der Waals surface area (Å²) in [6.45, 7) is 5.08. The van der Waals surface area contributed by atoms with Crippen molar-refractivity contribution in [3.05, 3.63) is 35.9 Å². The SMILES string of the molecule is Cc1ccc(O)c2c(S(=O)(=O)NCCN3CCCCC3)cccc12. The topological polar surface area (TPSA) is 69.6 Å². The van der Waals surface area contributed by atoms with Crippen molar-refractivity contribution in [3.63, 3.8) is 0 Å². The van der Waals surface area contributed by atoms with Gasteiger partial charge in [0.1, 0.15) is 5.75 Å². The van der Waals surface area contributed by atoms with Gasteiger partial charge in [0.2, 0.25) is 10.0 Å². The number of phenolic OH excluding ortho intramolecular Hbond substituents is 1. The molecule has 2 aromatic carbocycles. The van der Waals surface area contributed by atoms with Gasteiger partial charge in [-0.25, -0.2) is 13.1 Å². The van der Waals surface area contributed by atoms with E-state index in [0.717, 1.165) is 30.6 Å². The molecule has 5 nitrogen and oxygen atoms in total. The number of piperidine rings is 1. The van der Waals surface area contributed by atoms with Crippen LogP contribution in [0.3, 0.4) is 0 Å². The van der Waals surface area contributed by atoms with Gasteiger partial charge in [-0.1, -0.05) is 24.6 Å². The van der Waals surface area contributed by atoms with Crippen molar-refractivity contribution in [2.45, 2.75) is 31.1 Å². The summed E-state index contributed by atoms with van der Waals surface area (Å²) in [5.41, 5.74) is 0.938. The lowest BCUT2D eigenvalue weighted by Crippen LogP contribution is -2.37.